The Morgan fingerprint density at radius 1 is 1.50 bits per heavy atom. The molecule has 1 atom stereocenters. The maximum absolute atomic E-state index is 8.67. The van der Waals surface area contributed by atoms with Crippen molar-refractivity contribution in [3.63, 3.8) is 0 Å². The maximum Gasteiger partial charge on any atom is 0.125 e. The van der Waals surface area contributed by atoms with Crippen LogP contribution in [-0.4, -0.2) is 21.3 Å². The molecule has 0 aliphatic heterocycles. The Labute approximate surface area is 106 Å². The molecule has 1 N–H and O–H groups in total. The Morgan fingerprint density at radius 3 is 3.00 bits per heavy atom. The molecule has 0 fully saturated rings. The van der Waals surface area contributed by atoms with Crippen LogP contribution < -0.4 is 5.32 Å². The molecule has 2 heterocycles. The third kappa shape index (κ3) is 3.32. The molecule has 0 saturated heterocycles. The molecular weight excluding hydrogens is 226 g/mol. The van der Waals surface area contributed by atoms with Crippen LogP contribution in [0.4, 0.5) is 5.82 Å². The van der Waals surface area contributed by atoms with Gasteiger partial charge in [0, 0.05) is 31.7 Å². The monoisotopic (exact) mass is 241 g/mol. The van der Waals surface area contributed by atoms with E-state index in [1.54, 1.807) is 18.5 Å². The van der Waals surface area contributed by atoms with Crippen LogP contribution in [0.3, 0.4) is 0 Å². The topological polar surface area (TPSA) is 66.5 Å². The molecule has 0 bridgehead atoms. The van der Waals surface area contributed by atoms with E-state index in [0.717, 1.165) is 18.9 Å². The normalized spacial score (nSPS) is 11.8. The second kappa shape index (κ2) is 5.82. The number of rotatable bonds is 5. The average molecular weight is 241 g/mol. The predicted molar refractivity (Wildman–Crippen MR) is 68.8 cm³/mol. The van der Waals surface area contributed by atoms with Crippen LogP contribution in [0, 0.1) is 17.2 Å². The molecule has 2 aromatic heterocycles. The van der Waals surface area contributed by atoms with E-state index < -0.39 is 0 Å². The molecule has 0 aromatic carbocycles. The molecule has 0 saturated carbocycles. The van der Waals surface area contributed by atoms with Crippen molar-refractivity contribution in [3.8, 4) is 6.07 Å². The second-order valence-corrected chi connectivity index (χ2v) is 4.26. The van der Waals surface area contributed by atoms with Crippen LogP contribution in [0.15, 0.2) is 36.8 Å². The van der Waals surface area contributed by atoms with Crippen LogP contribution in [0.5, 0.6) is 0 Å². The van der Waals surface area contributed by atoms with Crippen molar-refractivity contribution in [3.05, 3.63) is 42.4 Å². The molecule has 0 aliphatic rings. The van der Waals surface area contributed by atoms with Crippen LogP contribution in [0.2, 0.25) is 0 Å². The summed E-state index contributed by atoms with van der Waals surface area (Å²) in [5.41, 5.74) is 0.574. The fourth-order valence-electron chi connectivity index (χ4n) is 1.64. The smallest absolute Gasteiger partial charge is 0.125 e. The van der Waals surface area contributed by atoms with Gasteiger partial charge in [-0.05, 0) is 24.1 Å². The van der Waals surface area contributed by atoms with Gasteiger partial charge >= 0.3 is 0 Å². The highest BCUT2D eigenvalue weighted by Crippen LogP contribution is 2.06. The third-order valence-corrected chi connectivity index (χ3v) is 2.58. The lowest BCUT2D eigenvalue weighted by Crippen LogP contribution is -2.17. The first-order chi connectivity index (χ1) is 8.78. The largest absolute Gasteiger partial charge is 0.370 e. The van der Waals surface area contributed by atoms with E-state index in [-0.39, 0.29) is 0 Å². The summed E-state index contributed by atoms with van der Waals surface area (Å²) in [6, 6.07) is 7.54. The standard InChI is InChI=1S/C13H15N5/c1-11(10-18-6-2-5-17-18)8-15-13-4-3-12(7-14)9-16-13/h2-6,9,11H,8,10H2,1H3,(H,15,16)/t11-/m1/s1. The molecule has 2 aromatic rings. The predicted octanol–water partition coefficient (Wildman–Crippen LogP) is 1.90. The van der Waals surface area contributed by atoms with Crippen LogP contribution in [-0.2, 0) is 6.54 Å². The van der Waals surface area contributed by atoms with E-state index in [0.29, 0.717) is 11.5 Å². The highest BCUT2D eigenvalue weighted by Gasteiger charge is 2.03. The van der Waals surface area contributed by atoms with Gasteiger partial charge in [0.25, 0.3) is 0 Å². The summed E-state index contributed by atoms with van der Waals surface area (Å²) in [6.07, 6.45) is 5.30. The number of anilines is 1. The Kier molecular flexibility index (Phi) is 3.92. The van der Waals surface area contributed by atoms with Gasteiger partial charge < -0.3 is 5.32 Å². The Bertz CT molecular complexity index is 509. The van der Waals surface area contributed by atoms with Gasteiger partial charge in [-0.2, -0.15) is 10.4 Å². The Hall–Kier alpha value is -2.35. The Morgan fingerprint density at radius 2 is 2.39 bits per heavy atom. The minimum Gasteiger partial charge on any atom is -0.370 e. The molecule has 0 aliphatic carbocycles. The van der Waals surface area contributed by atoms with Gasteiger partial charge in [0.2, 0.25) is 0 Å². The minimum atomic E-state index is 0.447. The van der Waals surface area contributed by atoms with Crippen LogP contribution >= 0.6 is 0 Å². The van der Waals surface area contributed by atoms with Gasteiger partial charge in [0.15, 0.2) is 0 Å². The van der Waals surface area contributed by atoms with E-state index in [1.165, 1.54) is 0 Å². The van der Waals surface area contributed by atoms with Gasteiger partial charge in [0.05, 0.1) is 5.56 Å². The quantitative estimate of drug-likeness (QED) is 0.868. The molecule has 5 nitrogen and oxygen atoms in total. The van der Waals surface area contributed by atoms with Gasteiger partial charge in [-0.25, -0.2) is 4.98 Å². The molecule has 2 rings (SSSR count). The summed E-state index contributed by atoms with van der Waals surface area (Å²) in [5, 5.41) is 16.1. The molecule has 18 heavy (non-hydrogen) atoms. The zero-order valence-electron chi connectivity index (χ0n) is 10.2. The van der Waals surface area contributed by atoms with Crippen molar-refractivity contribution in [2.24, 2.45) is 5.92 Å². The molecular formula is C13H15N5. The molecule has 0 unspecified atom stereocenters. The van der Waals surface area contributed by atoms with Crippen molar-refractivity contribution >= 4 is 5.82 Å². The number of hydrogen-bond donors (Lipinski definition) is 1. The van der Waals surface area contributed by atoms with E-state index in [1.807, 2.05) is 29.1 Å². The third-order valence-electron chi connectivity index (χ3n) is 2.58. The summed E-state index contributed by atoms with van der Waals surface area (Å²) in [6.45, 7) is 3.84. The summed E-state index contributed by atoms with van der Waals surface area (Å²) >= 11 is 0. The summed E-state index contributed by atoms with van der Waals surface area (Å²) < 4.78 is 1.92. The van der Waals surface area contributed by atoms with E-state index in [2.05, 4.69) is 22.3 Å². The van der Waals surface area contributed by atoms with Crippen molar-refractivity contribution in [1.29, 1.82) is 5.26 Å². The van der Waals surface area contributed by atoms with Crippen LogP contribution in [0.25, 0.3) is 0 Å². The van der Waals surface area contributed by atoms with E-state index >= 15 is 0 Å². The number of nitriles is 1. The van der Waals surface area contributed by atoms with E-state index in [4.69, 9.17) is 5.26 Å². The van der Waals surface area contributed by atoms with E-state index in [9.17, 15) is 0 Å². The van der Waals surface area contributed by atoms with Crippen molar-refractivity contribution in [2.45, 2.75) is 13.5 Å². The first-order valence-corrected chi connectivity index (χ1v) is 5.85. The van der Waals surface area contributed by atoms with Gasteiger partial charge in [-0.15, -0.1) is 0 Å². The fraction of sp³-hybridized carbons (Fsp3) is 0.308. The number of aromatic nitrogens is 3. The summed E-state index contributed by atoms with van der Waals surface area (Å²) in [4.78, 5) is 4.16. The Balaban J connectivity index is 1.81. The lowest BCUT2D eigenvalue weighted by molar-refractivity contribution is 0.467. The summed E-state index contributed by atoms with van der Waals surface area (Å²) in [7, 11) is 0. The SMILES string of the molecule is C[C@H](CNc1ccc(C#N)cn1)Cn1cccn1. The minimum absolute atomic E-state index is 0.447. The van der Waals surface area contributed by atoms with Crippen molar-refractivity contribution < 1.29 is 0 Å². The van der Waals surface area contributed by atoms with Gasteiger partial charge in [0.1, 0.15) is 11.9 Å². The van der Waals surface area contributed by atoms with Gasteiger partial charge in [-0.1, -0.05) is 6.92 Å². The molecule has 92 valence electrons. The molecule has 0 spiro atoms. The molecule has 0 radical (unpaired) electrons. The zero-order chi connectivity index (χ0) is 12.8. The second-order valence-electron chi connectivity index (χ2n) is 4.26. The lowest BCUT2D eigenvalue weighted by atomic mass is 10.2. The van der Waals surface area contributed by atoms with Crippen molar-refractivity contribution in [2.75, 3.05) is 11.9 Å². The zero-order valence-corrected chi connectivity index (χ0v) is 10.2. The first kappa shape index (κ1) is 12.1. The first-order valence-electron chi connectivity index (χ1n) is 5.85. The maximum atomic E-state index is 8.67. The van der Waals surface area contributed by atoms with Gasteiger partial charge in [-0.3, -0.25) is 4.68 Å². The highest BCUT2D eigenvalue weighted by molar-refractivity contribution is 5.38. The number of nitrogens with zero attached hydrogens (tertiary/aromatic N) is 4. The lowest BCUT2D eigenvalue weighted by Gasteiger charge is -2.13. The summed E-state index contributed by atoms with van der Waals surface area (Å²) in [5.74, 6) is 1.24. The highest BCUT2D eigenvalue weighted by atomic mass is 15.3. The molecule has 5 heteroatoms. The number of pyridine rings is 1. The number of nitrogens with one attached hydrogen (secondary N) is 1. The fourth-order valence-corrected chi connectivity index (χ4v) is 1.64. The van der Waals surface area contributed by atoms with Crippen LogP contribution in [0.1, 0.15) is 12.5 Å². The average Bonchev–Trinajstić information content (AvgIpc) is 2.90. The van der Waals surface area contributed by atoms with Crippen molar-refractivity contribution in [1.82, 2.24) is 14.8 Å². The molecule has 0 amide bonds. The number of hydrogen-bond acceptors (Lipinski definition) is 4.